The Morgan fingerprint density at radius 2 is 2.17 bits per heavy atom. The average Bonchev–Trinajstić information content (AvgIpc) is 2.40. The fraction of sp³-hybridized carbons (Fsp3) is 0.154. The summed E-state index contributed by atoms with van der Waals surface area (Å²) in [6, 6.07) is 7.05. The number of nitrogens with two attached hydrogens (primary N) is 1. The number of nitrogen functional groups attached to an aromatic ring is 1. The van der Waals surface area contributed by atoms with E-state index in [1.165, 1.54) is 6.20 Å². The lowest BCUT2D eigenvalue weighted by Crippen LogP contribution is -2.27. The molecule has 5 nitrogen and oxygen atoms in total. The molecule has 0 aromatic carbocycles. The second kappa shape index (κ2) is 5.27. The van der Waals surface area contributed by atoms with Crippen molar-refractivity contribution in [2.45, 2.75) is 6.54 Å². The fourth-order valence-electron chi connectivity index (χ4n) is 1.56. The van der Waals surface area contributed by atoms with Gasteiger partial charge in [0.05, 0.1) is 11.9 Å². The van der Waals surface area contributed by atoms with Crippen molar-refractivity contribution in [1.29, 1.82) is 0 Å². The van der Waals surface area contributed by atoms with Crippen LogP contribution in [0.1, 0.15) is 16.1 Å². The third-order valence-electron chi connectivity index (χ3n) is 2.49. The molecule has 0 spiro atoms. The molecule has 1 amide bonds. The molecule has 0 atom stereocenters. The van der Waals surface area contributed by atoms with E-state index in [1.807, 2.05) is 12.1 Å². The summed E-state index contributed by atoms with van der Waals surface area (Å²) in [7, 11) is 1.73. The van der Waals surface area contributed by atoms with E-state index in [4.69, 9.17) is 5.73 Å². The highest BCUT2D eigenvalue weighted by Gasteiger charge is 2.13. The third kappa shape index (κ3) is 2.82. The monoisotopic (exact) mass is 242 g/mol. The molecule has 2 rings (SSSR count). The highest BCUT2D eigenvalue weighted by Crippen LogP contribution is 2.07. The molecule has 0 aliphatic heterocycles. The topological polar surface area (TPSA) is 72.1 Å². The Morgan fingerprint density at radius 3 is 2.78 bits per heavy atom. The Kier molecular flexibility index (Phi) is 3.52. The van der Waals surface area contributed by atoms with Crippen LogP contribution in [0.25, 0.3) is 0 Å². The van der Waals surface area contributed by atoms with E-state index in [0.717, 1.165) is 5.56 Å². The predicted molar refractivity (Wildman–Crippen MR) is 68.7 cm³/mol. The average molecular weight is 242 g/mol. The Balaban J connectivity index is 2.07. The standard InChI is InChI=1S/C13H14N4O/c1-17(9-10-3-2-6-15-7-10)13(18)12-5-4-11(14)8-16-12/h2-8H,9,14H2,1H3. The highest BCUT2D eigenvalue weighted by molar-refractivity contribution is 5.92. The second-order valence-electron chi connectivity index (χ2n) is 4.00. The minimum Gasteiger partial charge on any atom is -0.397 e. The SMILES string of the molecule is CN(Cc1cccnc1)C(=O)c1ccc(N)cn1. The molecule has 2 aromatic rings. The smallest absolute Gasteiger partial charge is 0.272 e. The van der Waals surface area contributed by atoms with E-state index in [2.05, 4.69) is 9.97 Å². The van der Waals surface area contributed by atoms with E-state index in [1.54, 1.807) is 36.5 Å². The summed E-state index contributed by atoms with van der Waals surface area (Å²) in [6.45, 7) is 0.499. The summed E-state index contributed by atoms with van der Waals surface area (Å²) in [6.07, 6.45) is 4.91. The predicted octanol–water partition coefficient (Wildman–Crippen LogP) is 1.33. The van der Waals surface area contributed by atoms with Crippen LogP contribution in [0.5, 0.6) is 0 Å². The molecule has 0 aliphatic carbocycles. The van der Waals surface area contributed by atoms with E-state index in [9.17, 15) is 4.79 Å². The van der Waals surface area contributed by atoms with Crippen molar-refractivity contribution < 1.29 is 4.79 Å². The van der Waals surface area contributed by atoms with Crippen LogP contribution in [0, 0.1) is 0 Å². The zero-order valence-corrected chi connectivity index (χ0v) is 10.1. The number of rotatable bonds is 3. The summed E-state index contributed by atoms with van der Waals surface area (Å²) in [4.78, 5) is 21.7. The van der Waals surface area contributed by atoms with Crippen LogP contribution < -0.4 is 5.73 Å². The number of hydrogen-bond donors (Lipinski definition) is 1. The zero-order chi connectivity index (χ0) is 13.0. The number of aromatic nitrogens is 2. The third-order valence-corrected chi connectivity index (χ3v) is 2.49. The molecule has 0 unspecified atom stereocenters. The first-order valence-electron chi connectivity index (χ1n) is 5.52. The highest BCUT2D eigenvalue weighted by atomic mass is 16.2. The Morgan fingerprint density at radius 1 is 1.33 bits per heavy atom. The molecule has 92 valence electrons. The maximum absolute atomic E-state index is 12.1. The van der Waals surface area contributed by atoms with Gasteiger partial charge in [-0.25, -0.2) is 4.98 Å². The Bertz CT molecular complexity index is 524. The molecule has 0 fully saturated rings. The quantitative estimate of drug-likeness (QED) is 0.881. The molecular weight excluding hydrogens is 228 g/mol. The lowest BCUT2D eigenvalue weighted by Gasteiger charge is -2.16. The number of pyridine rings is 2. The molecule has 5 heteroatoms. The summed E-state index contributed by atoms with van der Waals surface area (Å²) in [5, 5.41) is 0. The number of anilines is 1. The Hall–Kier alpha value is -2.43. The van der Waals surface area contributed by atoms with Crippen molar-refractivity contribution in [3.8, 4) is 0 Å². The molecule has 0 saturated heterocycles. The molecular formula is C13H14N4O. The first-order valence-corrected chi connectivity index (χ1v) is 5.52. The minimum absolute atomic E-state index is 0.140. The summed E-state index contributed by atoms with van der Waals surface area (Å²) >= 11 is 0. The van der Waals surface area contributed by atoms with Gasteiger partial charge in [-0.05, 0) is 23.8 Å². The van der Waals surface area contributed by atoms with Crippen LogP contribution in [0.3, 0.4) is 0 Å². The lowest BCUT2D eigenvalue weighted by atomic mass is 10.2. The molecule has 0 radical (unpaired) electrons. The number of amides is 1. The van der Waals surface area contributed by atoms with Crippen LogP contribution in [-0.2, 0) is 6.54 Å². The summed E-state index contributed by atoms with van der Waals surface area (Å²) < 4.78 is 0. The zero-order valence-electron chi connectivity index (χ0n) is 10.1. The molecule has 0 aliphatic rings. The van der Waals surface area contributed by atoms with Gasteiger partial charge < -0.3 is 10.6 Å². The van der Waals surface area contributed by atoms with Gasteiger partial charge in [0.25, 0.3) is 5.91 Å². The summed E-state index contributed by atoms with van der Waals surface area (Å²) in [5.74, 6) is -0.140. The van der Waals surface area contributed by atoms with E-state index in [-0.39, 0.29) is 5.91 Å². The maximum Gasteiger partial charge on any atom is 0.272 e. The van der Waals surface area contributed by atoms with Crippen LogP contribution >= 0.6 is 0 Å². The van der Waals surface area contributed by atoms with E-state index >= 15 is 0 Å². The first-order chi connectivity index (χ1) is 8.66. The van der Waals surface area contributed by atoms with Crippen LogP contribution in [-0.4, -0.2) is 27.8 Å². The van der Waals surface area contributed by atoms with Crippen molar-refractivity contribution in [3.63, 3.8) is 0 Å². The van der Waals surface area contributed by atoms with Crippen molar-refractivity contribution >= 4 is 11.6 Å². The van der Waals surface area contributed by atoms with Crippen LogP contribution in [0.15, 0.2) is 42.9 Å². The lowest BCUT2D eigenvalue weighted by molar-refractivity contribution is 0.0779. The maximum atomic E-state index is 12.1. The molecule has 0 saturated carbocycles. The van der Waals surface area contributed by atoms with Gasteiger partial charge in [-0.2, -0.15) is 0 Å². The van der Waals surface area contributed by atoms with E-state index < -0.39 is 0 Å². The van der Waals surface area contributed by atoms with Gasteiger partial charge >= 0.3 is 0 Å². The molecule has 2 heterocycles. The minimum atomic E-state index is -0.140. The second-order valence-corrected chi connectivity index (χ2v) is 4.00. The van der Waals surface area contributed by atoms with Gasteiger partial charge in [0, 0.05) is 26.0 Å². The van der Waals surface area contributed by atoms with Gasteiger partial charge in [0.2, 0.25) is 0 Å². The van der Waals surface area contributed by atoms with Crippen LogP contribution in [0.4, 0.5) is 5.69 Å². The fourth-order valence-corrected chi connectivity index (χ4v) is 1.56. The molecule has 18 heavy (non-hydrogen) atoms. The molecule has 2 N–H and O–H groups in total. The van der Waals surface area contributed by atoms with Gasteiger partial charge in [-0.1, -0.05) is 6.07 Å². The van der Waals surface area contributed by atoms with Gasteiger partial charge in [0.1, 0.15) is 5.69 Å². The molecule has 2 aromatic heterocycles. The number of carbonyl (C=O) groups excluding carboxylic acids is 1. The van der Waals surface area contributed by atoms with Gasteiger partial charge in [0.15, 0.2) is 0 Å². The van der Waals surface area contributed by atoms with Crippen LogP contribution in [0.2, 0.25) is 0 Å². The van der Waals surface area contributed by atoms with Crippen molar-refractivity contribution in [1.82, 2.24) is 14.9 Å². The number of nitrogens with zero attached hydrogens (tertiary/aromatic N) is 3. The largest absolute Gasteiger partial charge is 0.397 e. The van der Waals surface area contributed by atoms with Crippen molar-refractivity contribution in [2.24, 2.45) is 0 Å². The summed E-state index contributed by atoms with van der Waals surface area (Å²) in [5.41, 5.74) is 7.43. The normalized spacial score (nSPS) is 10.1. The first kappa shape index (κ1) is 12.0. The number of hydrogen-bond acceptors (Lipinski definition) is 4. The Labute approximate surface area is 105 Å². The van der Waals surface area contributed by atoms with Crippen molar-refractivity contribution in [3.05, 3.63) is 54.1 Å². The number of carbonyl (C=O) groups is 1. The van der Waals surface area contributed by atoms with Gasteiger partial charge in [-0.3, -0.25) is 9.78 Å². The van der Waals surface area contributed by atoms with E-state index in [0.29, 0.717) is 17.9 Å². The van der Waals surface area contributed by atoms with Gasteiger partial charge in [-0.15, -0.1) is 0 Å². The van der Waals surface area contributed by atoms with Crippen molar-refractivity contribution in [2.75, 3.05) is 12.8 Å². The molecule has 0 bridgehead atoms.